The van der Waals surface area contributed by atoms with Gasteiger partial charge in [-0.25, -0.2) is 12.7 Å². The van der Waals surface area contributed by atoms with Crippen molar-refractivity contribution in [2.45, 2.75) is 37.5 Å². The van der Waals surface area contributed by atoms with Gasteiger partial charge >= 0.3 is 0 Å². The minimum Gasteiger partial charge on any atom is -0.376 e. The van der Waals surface area contributed by atoms with Gasteiger partial charge in [0.25, 0.3) is 5.91 Å². The molecule has 2 aliphatic rings. The van der Waals surface area contributed by atoms with Crippen LogP contribution in [0.4, 0.5) is 5.69 Å². The van der Waals surface area contributed by atoms with E-state index in [1.165, 1.54) is 4.31 Å². The molecule has 0 spiro atoms. The Balaban J connectivity index is 1.32. The number of amides is 2. The van der Waals surface area contributed by atoms with Crippen LogP contribution in [-0.4, -0.2) is 56.9 Å². The molecule has 2 aromatic rings. The van der Waals surface area contributed by atoms with E-state index in [0.29, 0.717) is 52.9 Å². The molecule has 0 bridgehead atoms. The average molecular weight is 554 g/mol. The van der Waals surface area contributed by atoms with Crippen LogP contribution in [0.5, 0.6) is 0 Å². The Labute approximate surface area is 221 Å². The second-order valence-electron chi connectivity index (χ2n) is 9.06. The van der Waals surface area contributed by atoms with Crippen molar-refractivity contribution < 1.29 is 22.7 Å². The first kappa shape index (κ1) is 26.9. The van der Waals surface area contributed by atoms with Crippen molar-refractivity contribution in [1.29, 1.82) is 0 Å². The molecule has 11 heteroatoms. The third kappa shape index (κ3) is 6.77. The molecule has 2 heterocycles. The molecule has 36 heavy (non-hydrogen) atoms. The topological polar surface area (TPSA) is 105 Å². The Morgan fingerprint density at radius 2 is 1.78 bits per heavy atom. The van der Waals surface area contributed by atoms with Crippen LogP contribution in [0.2, 0.25) is 10.0 Å². The van der Waals surface area contributed by atoms with E-state index in [9.17, 15) is 18.0 Å². The van der Waals surface area contributed by atoms with Crippen LogP contribution in [0.1, 0.15) is 41.6 Å². The van der Waals surface area contributed by atoms with Crippen LogP contribution in [0.15, 0.2) is 42.5 Å². The molecule has 0 aliphatic carbocycles. The second-order valence-corrected chi connectivity index (χ2v) is 11.8. The van der Waals surface area contributed by atoms with E-state index in [2.05, 4.69) is 10.6 Å². The molecule has 2 N–H and O–H groups in total. The third-order valence-corrected chi connectivity index (χ3v) is 9.08. The van der Waals surface area contributed by atoms with Crippen LogP contribution in [0.3, 0.4) is 0 Å². The number of carbonyl (C=O) groups excluding carboxylic acids is 2. The van der Waals surface area contributed by atoms with Crippen molar-refractivity contribution in [3.8, 4) is 0 Å². The van der Waals surface area contributed by atoms with E-state index in [-0.39, 0.29) is 42.7 Å². The SMILES string of the molecule is O=C(NC[C@@H]1CCCO1)c1ccccc1NC(=O)C1CCN(S(=O)(=O)Cc2ccc(Cl)c(Cl)c2)CC1. The van der Waals surface area contributed by atoms with Crippen LogP contribution in [0.25, 0.3) is 0 Å². The highest BCUT2D eigenvalue weighted by Gasteiger charge is 2.31. The van der Waals surface area contributed by atoms with Gasteiger partial charge in [0.2, 0.25) is 15.9 Å². The van der Waals surface area contributed by atoms with Crippen molar-refractivity contribution >= 4 is 50.7 Å². The Morgan fingerprint density at radius 1 is 1.03 bits per heavy atom. The standard InChI is InChI=1S/C25H29Cl2N3O5S/c26-21-8-7-17(14-22(21)27)16-36(33,34)30-11-9-18(10-12-30)24(31)29-23-6-2-1-5-20(23)25(32)28-15-19-4-3-13-35-19/h1-2,5-8,14,18-19H,3-4,9-13,15-16H2,(H,28,32)(H,29,31)/t19-/m0/s1. The number of hydrogen-bond donors (Lipinski definition) is 2. The van der Waals surface area contributed by atoms with Crippen LogP contribution in [-0.2, 0) is 25.3 Å². The van der Waals surface area contributed by atoms with Gasteiger partial charge in [0.1, 0.15) is 0 Å². The Bertz CT molecular complexity index is 1210. The first-order valence-corrected chi connectivity index (χ1v) is 14.3. The molecule has 0 unspecified atom stereocenters. The fourth-order valence-corrected chi connectivity index (χ4v) is 6.33. The summed E-state index contributed by atoms with van der Waals surface area (Å²) in [6.07, 6.45) is 2.71. The quantitative estimate of drug-likeness (QED) is 0.512. The average Bonchev–Trinajstić information content (AvgIpc) is 3.39. The van der Waals surface area contributed by atoms with Crippen molar-refractivity contribution in [2.24, 2.45) is 5.92 Å². The number of halogens is 2. The summed E-state index contributed by atoms with van der Waals surface area (Å²) >= 11 is 11.9. The number of anilines is 1. The van der Waals surface area contributed by atoms with Crippen LogP contribution < -0.4 is 10.6 Å². The Kier molecular flexibility index (Phi) is 8.90. The van der Waals surface area contributed by atoms with E-state index in [0.717, 1.165) is 12.8 Å². The van der Waals surface area contributed by atoms with Crippen molar-refractivity contribution in [2.75, 3.05) is 31.6 Å². The summed E-state index contributed by atoms with van der Waals surface area (Å²) in [4.78, 5) is 25.7. The third-order valence-electron chi connectivity index (χ3n) is 6.50. The summed E-state index contributed by atoms with van der Waals surface area (Å²) < 4.78 is 32.7. The van der Waals surface area contributed by atoms with E-state index in [1.807, 2.05) is 0 Å². The highest BCUT2D eigenvalue weighted by Crippen LogP contribution is 2.27. The van der Waals surface area contributed by atoms with E-state index >= 15 is 0 Å². The molecule has 194 valence electrons. The van der Waals surface area contributed by atoms with Gasteiger partial charge in [-0.05, 0) is 55.5 Å². The number of benzene rings is 2. The molecular weight excluding hydrogens is 525 g/mol. The van der Waals surface area contributed by atoms with Gasteiger partial charge in [-0.3, -0.25) is 9.59 Å². The van der Waals surface area contributed by atoms with E-state index in [4.69, 9.17) is 27.9 Å². The maximum atomic E-state index is 13.0. The maximum absolute atomic E-state index is 13.0. The van der Waals surface area contributed by atoms with Gasteiger partial charge in [0.15, 0.2) is 0 Å². The molecule has 0 radical (unpaired) electrons. The van der Waals surface area contributed by atoms with Gasteiger partial charge in [-0.15, -0.1) is 0 Å². The fourth-order valence-electron chi connectivity index (χ4n) is 4.46. The minimum atomic E-state index is -3.57. The summed E-state index contributed by atoms with van der Waals surface area (Å²) in [5.74, 6) is -1.04. The zero-order chi connectivity index (χ0) is 25.7. The molecule has 2 fully saturated rings. The largest absolute Gasteiger partial charge is 0.376 e. The van der Waals surface area contributed by atoms with Crippen molar-refractivity contribution in [3.05, 3.63) is 63.6 Å². The lowest BCUT2D eigenvalue weighted by molar-refractivity contribution is -0.120. The van der Waals surface area contributed by atoms with Gasteiger partial charge in [0, 0.05) is 32.2 Å². The normalized spacial score (nSPS) is 19.2. The number of sulfonamides is 1. The first-order valence-electron chi connectivity index (χ1n) is 11.9. The number of rotatable bonds is 8. The highest BCUT2D eigenvalue weighted by molar-refractivity contribution is 7.88. The summed E-state index contributed by atoms with van der Waals surface area (Å²) in [6, 6.07) is 11.6. The Hall–Kier alpha value is -2.17. The molecule has 2 aromatic carbocycles. The molecule has 4 rings (SSSR count). The van der Waals surface area contributed by atoms with E-state index < -0.39 is 10.0 Å². The first-order chi connectivity index (χ1) is 17.2. The molecule has 2 saturated heterocycles. The molecule has 2 aliphatic heterocycles. The Morgan fingerprint density at radius 3 is 2.47 bits per heavy atom. The second kappa shape index (κ2) is 11.9. The monoisotopic (exact) mass is 553 g/mol. The predicted octanol–water partition coefficient (Wildman–Crippen LogP) is 4.08. The summed E-state index contributed by atoms with van der Waals surface area (Å²) in [5.41, 5.74) is 1.37. The van der Waals surface area contributed by atoms with Gasteiger partial charge in [-0.2, -0.15) is 0 Å². The number of hydrogen-bond acceptors (Lipinski definition) is 5. The molecule has 0 saturated carbocycles. The number of piperidine rings is 1. The zero-order valence-corrected chi connectivity index (χ0v) is 22.0. The molecule has 8 nitrogen and oxygen atoms in total. The van der Waals surface area contributed by atoms with Crippen LogP contribution >= 0.6 is 23.2 Å². The minimum absolute atomic E-state index is 0.0221. The number of ether oxygens (including phenoxy) is 1. The van der Waals surface area contributed by atoms with E-state index in [1.54, 1.807) is 42.5 Å². The van der Waals surface area contributed by atoms with Gasteiger partial charge in [-0.1, -0.05) is 41.4 Å². The lowest BCUT2D eigenvalue weighted by Crippen LogP contribution is -2.42. The summed E-state index contributed by atoms with van der Waals surface area (Å²) in [6.45, 7) is 1.62. The summed E-state index contributed by atoms with van der Waals surface area (Å²) in [5, 5.41) is 6.42. The number of nitrogens with zero attached hydrogens (tertiary/aromatic N) is 1. The van der Waals surface area contributed by atoms with Crippen LogP contribution in [0, 0.1) is 5.92 Å². The predicted molar refractivity (Wildman–Crippen MR) is 140 cm³/mol. The summed E-state index contributed by atoms with van der Waals surface area (Å²) in [7, 11) is -3.57. The molecule has 2 amide bonds. The zero-order valence-electron chi connectivity index (χ0n) is 19.7. The smallest absolute Gasteiger partial charge is 0.253 e. The van der Waals surface area contributed by atoms with Crippen molar-refractivity contribution in [1.82, 2.24) is 9.62 Å². The fraction of sp³-hybridized carbons (Fsp3) is 0.440. The molecule has 1 atom stereocenters. The number of carbonyl (C=O) groups is 2. The molecular formula is C25H29Cl2N3O5S. The van der Waals surface area contributed by atoms with Crippen molar-refractivity contribution in [3.63, 3.8) is 0 Å². The number of nitrogens with one attached hydrogen (secondary N) is 2. The van der Waals surface area contributed by atoms with Gasteiger partial charge < -0.3 is 15.4 Å². The maximum Gasteiger partial charge on any atom is 0.253 e. The highest BCUT2D eigenvalue weighted by atomic mass is 35.5. The van der Waals surface area contributed by atoms with Gasteiger partial charge in [0.05, 0.1) is 33.2 Å². The lowest BCUT2D eigenvalue weighted by atomic mass is 9.97. The molecule has 0 aromatic heterocycles. The lowest BCUT2D eigenvalue weighted by Gasteiger charge is -2.30. The number of para-hydroxylation sites is 1.